The molecule has 570 valence electrons. The summed E-state index contributed by atoms with van der Waals surface area (Å²) in [6.45, 7) is 3.00. The van der Waals surface area contributed by atoms with Crippen LogP contribution >= 0.6 is 0 Å². The Balaban J connectivity index is 1.30. The van der Waals surface area contributed by atoms with Crippen molar-refractivity contribution >= 4 is 82.9 Å². The molecule has 0 unspecified atom stereocenters. The number of carboxylic acid groups (broad SMARTS) is 3. The average molecular weight is 1450 g/mol. The second-order valence-corrected chi connectivity index (χ2v) is 26.3. The first-order chi connectivity index (χ1) is 49.0. The molecule has 0 aliphatic carbocycles. The van der Waals surface area contributed by atoms with Gasteiger partial charge in [0.05, 0.1) is 24.7 Å². The molecule has 0 aromatic heterocycles. The molecule has 0 radical (unpaired) electrons. The molecule has 11 amide bonds. The van der Waals surface area contributed by atoms with E-state index in [9.17, 15) is 97.8 Å². The summed E-state index contributed by atoms with van der Waals surface area (Å²) in [6.07, 6.45) is -2.46. The number of hydrogen-bond acceptors (Lipinski definition) is 21. The zero-order valence-corrected chi connectivity index (χ0v) is 58.2. The Morgan fingerprint density at radius 2 is 0.864 bits per heavy atom. The second-order valence-electron chi connectivity index (χ2n) is 26.3. The van der Waals surface area contributed by atoms with Gasteiger partial charge in [-0.25, -0.2) is 4.79 Å². The minimum atomic E-state index is -1.85. The number of carbonyl (C=O) groups excluding carboxylic acids is 11. The van der Waals surface area contributed by atoms with Crippen molar-refractivity contribution in [2.75, 3.05) is 39.3 Å². The van der Waals surface area contributed by atoms with E-state index >= 15 is 0 Å². The third-order valence-electron chi connectivity index (χ3n) is 18.2. The first-order valence-electron chi connectivity index (χ1n) is 35.0. The Hall–Kier alpha value is -9.42. The molecule has 0 saturated carbocycles. The number of phenols is 1. The van der Waals surface area contributed by atoms with Crippen molar-refractivity contribution in [1.82, 2.24) is 57.2 Å². The van der Waals surface area contributed by atoms with Crippen LogP contribution in [0.5, 0.6) is 5.75 Å². The van der Waals surface area contributed by atoms with Crippen molar-refractivity contribution in [1.29, 1.82) is 0 Å². The van der Waals surface area contributed by atoms with Crippen molar-refractivity contribution in [2.45, 2.75) is 227 Å². The Bertz CT molecular complexity index is 3240. The molecule has 14 atom stereocenters. The fourth-order valence-corrected chi connectivity index (χ4v) is 12.6. The van der Waals surface area contributed by atoms with Crippen molar-refractivity contribution in [3.63, 3.8) is 0 Å². The fourth-order valence-electron chi connectivity index (χ4n) is 12.6. The monoisotopic (exact) mass is 1450 g/mol. The number of aliphatic hydroxyl groups is 2. The molecule has 5 rings (SSSR count). The number of carbonyl (C=O) groups is 14. The lowest BCUT2D eigenvalue weighted by Crippen LogP contribution is -2.62. The van der Waals surface area contributed by atoms with Crippen LogP contribution < -0.4 is 65.5 Å². The van der Waals surface area contributed by atoms with Crippen molar-refractivity contribution in [3.05, 3.63) is 65.7 Å². The molecule has 22 N–H and O–H groups in total. The minimum Gasteiger partial charge on any atom is -0.508 e. The fraction of sp³-hybridized carbons (Fsp3) is 0.618. The number of aromatic hydroxyl groups is 1. The molecule has 3 heterocycles. The van der Waals surface area contributed by atoms with Gasteiger partial charge in [-0.2, -0.15) is 0 Å². The number of likely N-dealkylation sites (tertiary alicyclic amines) is 3. The van der Waals surface area contributed by atoms with Crippen LogP contribution in [0.15, 0.2) is 54.6 Å². The molecule has 3 fully saturated rings. The number of unbranched alkanes of at least 4 members (excludes halogenated alkanes) is 3. The van der Waals surface area contributed by atoms with Gasteiger partial charge in [-0.05, 0) is 166 Å². The standard InChI is InChI=1S/C68H103N15O20/c1-38(84)55(79-60(94)46(19-8-11-31-71)73-57(91)43(72)35-41-23-25-42(86)26-24-41)64(98)77-48(36-40-15-4-3-5-16-40)66(100)83-34-14-22-52(83)67(101)82-33-13-21-51(82)62(96)80-56(39(2)85)63(97)76-47(27-28-53(87)88)65(99)81-32-12-20-50(81)61(95)75-45(18-7-10-30-70)58(92)74-44(17-6-9-29-69)59(93)78-49(68(102)103)37-54(89)90/h3-5,15-16,23-26,38-39,43-52,55-56,84-86H,6-14,17-22,27-37,69-72H2,1-2H3,(H,73,91)(H,74,92)(H,75,95)(H,76,97)(H,77,98)(H,78,93)(H,79,94)(H,80,96)(H,87,88)(H,89,90)(H,102,103)/t38-,39-,43+,44+,45+,46+,47+,48+,49+,50+,51+,52+,55+,56+/m1/s1. The summed E-state index contributed by atoms with van der Waals surface area (Å²) in [5.74, 6) is -14.2. The zero-order valence-electron chi connectivity index (χ0n) is 58.2. The largest absolute Gasteiger partial charge is 0.508 e. The van der Waals surface area contributed by atoms with E-state index in [0.29, 0.717) is 43.2 Å². The number of aliphatic hydroxyl groups excluding tert-OH is 2. The highest BCUT2D eigenvalue weighted by atomic mass is 16.4. The maximum atomic E-state index is 15.0. The van der Waals surface area contributed by atoms with E-state index in [1.165, 1.54) is 28.9 Å². The van der Waals surface area contributed by atoms with Crippen molar-refractivity contribution in [3.8, 4) is 5.75 Å². The molecule has 0 spiro atoms. The van der Waals surface area contributed by atoms with Gasteiger partial charge in [0.15, 0.2) is 0 Å². The smallest absolute Gasteiger partial charge is 0.326 e. The molecule has 0 bridgehead atoms. The Morgan fingerprint density at radius 1 is 0.447 bits per heavy atom. The number of rotatable bonds is 43. The number of aliphatic carboxylic acids is 3. The highest BCUT2D eigenvalue weighted by molar-refractivity contribution is 6.00. The summed E-state index contributed by atoms with van der Waals surface area (Å²) in [4.78, 5) is 196. The number of nitrogens with zero attached hydrogens (tertiary/aromatic N) is 3. The average Bonchev–Trinajstić information content (AvgIpc) is 1.71. The highest BCUT2D eigenvalue weighted by Crippen LogP contribution is 2.28. The minimum absolute atomic E-state index is 0.00644. The topological polar surface area (TPSA) is 570 Å². The first kappa shape index (κ1) is 84.2. The van der Waals surface area contributed by atoms with E-state index in [1.807, 2.05) is 0 Å². The van der Waals surface area contributed by atoms with Gasteiger partial charge < -0.3 is 111 Å². The van der Waals surface area contributed by atoms with Gasteiger partial charge in [-0.1, -0.05) is 42.5 Å². The van der Waals surface area contributed by atoms with E-state index < -0.39 is 187 Å². The van der Waals surface area contributed by atoms with Gasteiger partial charge in [-0.3, -0.25) is 62.3 Å². The van der Waals surface area contributed by atoms with Crippen LogP contribution in [-0.2, 0) is 80.0 Å². The lowest BCUT2D eigenvalue weighted by atomic mass is 10.0. The van der Waals surface area contributed by atoms with Gasteiger partial charge in [0.1, 0.15) is 72.2 Å². The summed E-state index contributed by atoms with van der Waals surface area (Å²) in [6, 6.07) is -2.89. The van der Waals surface area contributed by atoms with Gasteiger partial charge in [0.25, 0.3) is 0 Å². The predicted octanol–water partition coefficient (Wildman–Crippen LogP) is -4.07. The normalized spacial score (nSPS) is 18.9. The maximum absolute atomic E-state index is 15.0. The van der Waals surface area contributed by atoms with Crippen LogP contribution in [-0.4, -0.2) is 252 Å². The van der Waals surface area contributed by atoms with Gasteiger partial charge in [-0.15, -0.1) is 0 Å². The van der Waals surface area contributed by atoms with Gasteiger partial charge >= 0.3 is 17.9 Å². The lowest BCUT2D eigenvalue weighted by Gasteiger charge is -2.34. The summed E-state index contributed by atoms with van der Waals surface area (Å²) < 4.78 is 0. The summed E-state index contributed by atoms with van der Waals surface area (Å²) >= 11 is 0. The van der Waals surface area contributed by atoms with Crippen LogP contribution in [0.4, 0.5) is 0 Å². The van der Waals surface area contributed by atoms with Crippen molar-refractivity contribution < 1.29 is 97.8 Å². The molecule has 35 nitrogen and oxygen atoms in total. The molecule has 103 heavy (non-hydrogen) atoms. The predicted molar refractivity (Wildman–Crippen MR) is 368 cm³/mol. The molecular weight excluding hydrogens is 1350 g/mol. The molecule has 3 saturated heterocycles. The molecular formula is C68H103N15O20. The molecule has 3 aliphatic rings. The Labute approximate surface area is 596 Å². The number of nitrogens with two attached hydrogens (primary N) is 4. The molecule has 2 aromatic carbocycles. The number of carboxylic acids is 3. The zero-order chi connectivity index (χ0) is 76.0. The Morgan fingerprint density at radius 3 is 1.37 bits per heavy atom. The van der Waals surface area contributed by atoms with Crippen molar-refractivity contribution in [2.24, 2.45) is 22.9 Å². The van der Waals surface area contributed by atoms with Crippen LogP contribution in [0.2, 0.25) is 0 Å². The third-order valence-corrected chi connectivity index (χ3v) is 18.2. The van der Waals surface area contributed by atoms with E-state index in [4.69, 9.17) is 22.9 Å². The quantitative estimate of drug-likeness (QED) is 0.0281. The lowest BCUT2D eigenvalue weighted by molar-refractivity contribution is -0.148. The number of amides is 11. The van der Waals surface area contributed by atoms with Gasteiger partial charge in [0.2, 0.25) is 65.0 Å². The van der Waals surface area contributed by atoms with Crippen LogP contribution in [0, 0.1) is 0 Å². The number of phenolic OH excluding ortho intramolecular Hbond substituents is 1. The third kappa shape index (κ3) is 26.1. The number of benzene rings is 2. The van der Waals surface area contributed by atoms with E-state index in [-0.39, 0.29) is 122 Å². The van der Waals surface area contributed by atoms with E-state index in [2.05, 4.69) is 42.5 Å². The highest BCUT2D eigenvalue weighted by Gasteiger charge is 2.46. The SMILES string of the molecule is C[C@@H](O)[C@H](NC(=O)[C@H](CCCCN)NC(=O)[C@@H](N)Cc1ccc(O)cc1)C(=O)N[C@@H](Cc1ccccc1)C(=O)N1CCC[C@H]1C(=O)N1CCC[C@H]1C(=O)N[C@H](C(=O)N[C@@H](CCC(=O)O)C(=O)N1CCC[C@H]1C(=O)N[C@@H](CCCCN)C(=O)N[C@@H](CCCCN)C(=O)N[C@@H](CC(=O)O)C(=O)O)[C@@H](C)O. The first-order valence-corrected chi connectivity index (χ1v) is 35.0. The summed E-state index contributed by atoms with van der Waals surface area (Å²) in [5, 5.41) is 80.5. The van der Waals surface area contributed by atoms with E-state index in [0.717, 1.165) is 11.8 Å². The second kappa shape index (κ2) is 42.2. The maximum Gasteiger partial charge on any atom is 0.326 e. The van der Waals surface area contributed by atoms with E-state index in [1.54, 1.807) is 42.5 Å². The Kier molecular flexibility index (Phi) is 34.5. The van der Waals surface area contributed by atoms with Crippen LogP contribution in [0.1, 0.15) is 141 Å². The number of hydrogen-bond donors (Lipinski definition) is 18. The molecule has 35 heteroatoms. The van der Waals surface area contributed by atoms with Gasteiger partial charge in [0, 0.05) is 32.5 Å². The van der Waals surface area contributed by atoms with Crippen LogP contribution in [0.3, 0.4) is 0 Å². The molecule has 2 aromatic rings. The van der Waals surface area contributed by atoms with Crippen LogP contribution in [0.25, 0.3) is 0 Å². The molecule has 3 aliphatic heterocycles. The summed E-state index contributed by atoms with van der Waals surface area (Å²) in [5.41, 5.74) is 24.5. The number of nitrogens with one attached hydrogen (secondary N) is 8. The summed E-state index contributed by atoms with van der Waals surface area (Å²) in [7, 11) is 0.